The second kappa shape index (κ2) is 8.92. The monoisotopic (exact) mass is 422 g/mol. The Morgan fingerprint density at radius 2 is 1.70 bits per heavy atom. The molecule has 0 unspecified atom stereocenters. The third-order valence-electron chi connectivity index (χ3n) is 4.70. The van der Waals surface area contributed by atoms with E-state index in [0.29, 0.717) is 34.1 Å². The number of rotatable bonds is 6. The molecule has 1 N–H and O–H groups in total. The molecule has 2 aromatic carbocycles. The van der Waals surface area contributed by atoms with Crippen molar-refractivity contribution in [3.8, 4) is 5.75 Å². The van der Waals surface area contributed by atoms with E-state index in [-0.39, 0.29) is 12.2 Å². The number of methoxy groups -OCH3 is 1. The Labute approximate surface area is 173 Å². The van der Waals surface area contributed by atoms with E-state index in [1.165, 1.54) is 14.0 Å². The summed E-state index contributed by atoms with van der Waals surface area (Å²) in [6.45, 7) is 6.47. The summed E-state index contributed by atoms with van der Waals surface area (Å²) in [5.41, 5.74) is -0.570. The summed E-state index contributed by atoms with van der Waals surface area (Å²) in [6, 6.07) is 10.1. The molecule has 0 radical (unpaired) electrons. The smallest absolute Gasteiger partial charge is 0.431 e. The third kappa shape index (κ3) is 4.67. The quantitative estimate of drug-likeness (QED) is 0.673. The van der Waals surface area contributed by atoms with E-state index in [2.05, 4.69) is 4.74 Å². The maximum atomic E-state index is 13.9. The first kappa shape index (κ1) is 23.5. The molecular formula is C23H25F3O4. The number of hydrogen-bond acceptors (Lipinski definition) is 4. The fourth-order valence-electron chi connectivity index (χ4n) is 3.40. The van der Waals surface area contributed by atoms with E-state index in [1.54, 1.807) is 38.1 Å². The van der Waals surface area contributed by atoms with E-state index < -0.39 is 17.7 Å². The second-order valence-corrected chi connectivity index (χ2v) is 7.05. The highest BCUT2D eigenvalue weighted by atomic mass is 19.4. The Bertz CT molecular complexity index is 940. The summed E-state index contributed by atoms with van der Waals surface area (Å²) in [4.78, 5) is 12.2. The molecule has 0 fully saturated rings. The van der Waals surface area contributed by atoms with Crippen LogP contribution in [0, 0.1) is 20.8 Å². The van der Waals surface area contributed by atoms with Crippen LogP contribution in [0.1, 0.15) is 34.7 Å². The summed E-state index contributed by atoms with van der Waals surface area (Å²) < 4.78 is 51.3. The van der Waals surface area contributed by atoms with E-state index in [9.17, 15) is 23.1 Å². The van der Waals surface area contributed by atoms with Crippen molar-refractivity contribution >= 4 is 11.5 Å². The molecule has 4 nitrogen and oxygen atoms in total. The Balaban J connectivity index is 2.89. The standard InChI is InChI=1S/C23H25F3O4/c1-6-30-21(27)22(28,23(24,25)26)13-19(17-8-7-9-18(12-17)29-5)20-15(3)10-14(2)11-16(20)4/h7-13,28H,6H2,1-5H3/b19-13+/t22-/m0/s1. The van der Waals surface area contributed by atoms with Gasteiger partial charge in [0.25, 0.3) is 5.60 Å². The molecule has 0 aliphatic rings. The number of aryl methyl sites for hydroxylation is 3. The minimum Gasteiger partial charge on any atom is -0.497 e. The number of carbonyl (C=O) groups is 1. The van der Waals surface area contributed by atoms with E-state index in [4.69, 9.17) is 4.74 Å². The number of aliphatic hydroxyl groups is 1. The lowest BCUT2D eigenvalue weighted by atomic mass is 9.86. The Hall–Kier alpha value is -2.80. The molecule has 0 saturated carbocycles. The minimum absolute atomic E-state index is 0.0526. The SMILES string of the molecule is CCOC(=O)[C@@](O)(/C=C(\c1cccc(OC)c1)c1c(C)cc(C)cc1C)C(F)(F)F. The number of halogens is 3. The Morgan fingerprint density at radius 1 is 1.10 bits per heavy atom. The van der Waals surface area contributed by atoms with Gasteiger partial charge in [-0.05, 0) is 73.7 Å². The van der Waals surface area contributed by atoms with Gasteiger partial charge in [-0.2, -0.15) is 13.2 Å². The molecule has 0 bridgehead atoms. The molecule has 0 saturated heterocycles. The molecule has 0 aliphatic heterocycles. The van der Waals surface area contributed by atoms with Gasteiger partial charge in [0.1, 0.15) is 5.75 Å². The van der Waals surface area contributed by atoms with Crippen LogP contribution in [0.25, 0.3) is 5.57 Å². The van der Waals surface area contributed by atoms with Gasteiger partial charge in [0.05, 0.1) is 13.7 Å². The normalized spacial score (nSPS) is 14.2. The van der Waals surface area contributed by atoms with Crippen molar-refractivity contribution in [1.82, 2.24) is 0 Å². The molecule has 2 rings (SSSR count). The molecular weight excluding hydrogens is 397 g/mol. The van der Waals surface area contributed by atoms with Crippen molar-refractivity contribution in [2.24, 2.45) is 0 Å². The van der Waals surface area contributed by atoms with Crippen LogP contribution in [0.4, 0.5) is 13.2 Å². The van der Waals surface area contributed by atoms with Gasteiger partial charge in [0.15, 0.2) is 0 Å². The highest BCUT2D eigenvalue weighted by Gasteiger charge is 2.59. The highest BCUT2D eigenvalue weighted by molar-refractivity contribution is 5.91. The second-order valence-electron chi connectivity index (χ2n) is 7.05. The van der Waals surface area contributed by atoms with Gasteiger partial charge in [-0.15, -0.1) is 0 Å². The molecule has 30 heavy (non-hydrogen) atoms. The van der Waals surface area contributed by atoms with Gasteiger partial charge in [-0.3, -0.25) is 0 Å². The van der Waals surface area contributed by atoms with Crippen LogP contribution in [0.2, 0.25) is 0 Å². The lowest BCUT2D eigenvalue weighted by Gasteiger charge is -2.27. The number of hydrogen-bond donors (Lipinski definition) is 1. The van der Waals surface area contributed by atoms with E-state index in [1.807, 2.05) is 19.1 Å². The first-order valence-corrected chi connectivity index (χ1v) is 9.36. The number of benzene rings is 2. The van der Waals surface area contributed by atoms with Gasteiger partial charge < -0.3 is 14.6 Å². The van der Waals surface area contributed by atoms with Gasteiger partial charge in [-0.1, -0.05) is 29.8 Å². The zero-order valence-electron chi connectivity index (χ0n) is 17.6. The lowest BCUT2D eigenvalue weighted by molar-refractivity contribution is -0.245. The molecule has 7 heteroatoms. The first-order chi connectivity index (χ1) is 13.9. The molecule has 0 aromatic heterocycles. The highest BCUT2D eigenvalue weighted by Crippen LogP contribution is 2.39. The van der Waals surface area contributed by atoms with Crippen LogP contribution >= 0.6 is 0 Å². The molecule has 2 aromatic rings. The fourth-order valence-corrected chi connectivity index (χ4v) is 3.40. The van der Waals surface area contributed by atoms with Crippen molar-refractivity contribution in [2.45, 2.75) is 39.5 Å². The number of esters is 1. The molecule has 0 spiro atoms. The lowest BCUT2D eigenvalue weighted by Crippen LogP contribution is -2.51. The van der Waals surface area contributed by atoms with E-state index in [0.717, 1.165) is 5.56 Å². The van der Waals surface area contributed by atoms with Crippen LogP contribution in [0.5, 0.6) is 5.75 Å². The van der Waals surface area contributed by atoms with Gasteiger partial charge in [0, 0.05) is 0 Å². The Morgan fingerprint density at radius 3 is 2.20 bits per heavy atom. The summed E-state index contributed by atoms with van der Waals surface area (Å²) in [5, 5.41) is 10.5. The fraction of sp³-hybridized carbons (Fsp3) is 0.348. The van der Waals surface area contributed by atoms with Crippen LogP contribution in [0.3, 0.4) is 0 Å². The minimum atomic E-state index is -5.28. The predicted molar refractivity (Wildman–Crippen MR) is 108 cm³/mol. The zero-order valence-corrected chi connectivity index (χ0v) is 17.6. The largest absolute Gasteiger partial charge is 0.497 e. The van der Waals surface area contributed by atoms with Crippen molar-refractivity contribution < 1.29 is 32.5 Å². The predicted octanol–water partition coefficient (Wildman–Crippen LogP) is 4.91. The summed E-state index contributed by atoms with van der Waals surface area (Å²) in [5.74, 6) is -1.35. The van der Waals surface area contributed by atoms with Gasteiger partial charge >= 0.3 is 12.1 Å². The van der Waals surface area contributed by atoms with Gasteiger partial charge in [-0.25, -0.2) is 4.79 Å². The number of alkyl halides is 3. The Kier molecular flexibility index (Phi) is 6.98. The maximum Gasteiger partial charge on any atom is 0.431 e. The molecule has 162 valence electrons. The van der Waals surface area contributed by atoms with Crippen LogP contribution in [0.15, 0.2) is 42.5 Å². The van der Waals surface area contributed by atoms with Crippen molar-refractivity contribution in [2.75, 3.05) is 13.7 Å². The molecule has 0 aliphatic carbocycles. The summed E-state index contributed by atoms with van der Waals surface area (Å²) in [6.07, 6.45) is -4.75. The van der Waals surface area contributed by atoms with Crippen LogP contribution in [-0.2, 0) is 9.53 Å². The van der Waals surface area contributed by atoms with Gasteiger partial charge in [0.2, 0.25) is 0 Å². The van der Waals surface area contributed by atoms with Crippen LogP contribution in [-0.4, -0.2) is 36.6 Å². The zero-order chi connectivity index (χ0) is 22.7. The number of ether oxygens (including phenoxy) is 2. The maximum absolute atomic E-state index is 13.9. The molecule has 0 amide bonds. The van der Waals surface area contributed by atoms with Crippen molar-refractivity contribution in [3.05, 3.63) is 70.3 Å². The summed E-state index contributed by atoms with van der Waals surface area (Å²) in [7, 11) is 1.44. The van der Waals surface area contributed by atoms with Crippen molar-refractivity contribution in [1.29, 1.82) is 0 Å². The summed E-state index contributed by atoms with van der Waals surface area (Å²) >= 11 is 0. The topological polar surface area (TPSA) is 55.8 Å². The van der Waals surface area contributed by atoms with E-state index >= 15 is 0 Å². The first-order valence-electron chi connectivity index (χ1n) is 9.36. The van der Waals surface area contributed by atoms with Crippen molar-refractivity contribution in [3.63, 3.8) is 0 Å². The molecule has 0 heterocycles. The molecule has 1 atom stereocenters. The average molecular weight is 422 g/mol. The third-order valence-corrected chi connectivity index (χ3v) is 4.70. The average Bonchev–Trinajstić information content (AvgIpc) is 2.65. The number of carbonyl (C=O) groups excluding carboxylic acids is 1. The van der Waals surface area contributed by atoms with Crippen LogP contribution < -0.4 is 4.74 Å².